The highest BCUT2D eigenvalue weighted by atomic mass is 32.2. The molecule has 1 aliphatic heterocycles. The van der Waals surface area contributed by atoms with Crippen molar-refractivity contribution in [2.24, 2.45) is 0 Å². The maximum Gasteiger partial charge on any atom is 0.250 e. The van der Waals surface area contributed by atoms with Gasteiger partial charge in [-0.2, -0.15) is 16.7 Å². The van der Waals surface area contributed by atoms with Crippen molar-refractivity contribution in [2.75, 3.05) is 23.8 Å². The minimum absolute atomic E-state index is 0.0629. The molecule has 0 bridgehead atoms. The van der Waals surface area contributed by atoms with Crippen molar-refractivity contribution >= 4 is 29.6 Å². The van der Waals surface area contributed by atoms with Gasteiger partial charge in [0.2, 0.25) is 5.82 Å². The second kappa shape index (κ2) is 6.11. The molecule has 1 atom stereocenters. The van der Waals surface area contributed by atoms with Gasteiger partial charge in [0.1, 0.15) is 6.10 Å². The van der Waals surface area contributed by atoms with Crippen LogP contribution in [0.1, 0.15) is 23.4 Å². The SMILES string of the molecule is Nc1cccc(/C=C/c2nc(C3CSCCO3)no2)c1. The summed E-state index contributed by atoms with van der Waals surface area (Å²) in [5, 5.41) is 3.97. The lowest BCUT2D eigenvalue weighted by atomic mass is 10.2. The molecule has 0 saturated carbocycles. The third-order valence-corrected chi connectivity index (χ3v) is 3.88. The number of nitrogens with zero attached hydrogens (tertiary/aromatic N) is 2. The lowest BCUT2D eigenvalue weighted by Gasteiger charge is -2.18. The number of thioether (sulfide) groups is 1. The van der Waals surface area contributed by atoms with E-state index in [0.29, 0.717) is 11.7 Å². The molecular formula is C14H15N3O2S. The highest BCUT2D eigenvalue weighted by molar-refractivity contribution is 7.99. The van der Waals surface area contributed by atoms with E-state index in [0.717, 1.165) is 29.4 Å². The van der Waals surface area contributed by atoms with E-state index in [4.69, 9.17) is 15.0 Å². The quantitative estimate of drug-likeness (QED) is 0.876. The molecular weight excluding hydrogens is 274 g/mol. The van der Waals surface area contributed by atoms with Crippen molar-refractivity contribution in [3.8, 4) is 0 Å². The van der Waals surface area contributed by atoms with Gasteiger partial charge in [-0.15, -0.1) is 0 Å². The van der Waals surface area contributed by atoms with Crippen LogP contribution in [0.2, 0.25) is 0 Å². The van der Waals surface area contributed by atoms with E-state index < -0.39 is 0 Å². The van der Waals surface area contributed by atoms with Crippen LogP contribution in [-0.2, 0) is 4.74 Å². The maximum absolute atomic E-state index is 5.73. The summed E-state index contributed by atoms with van der Waals surface area (Å²) < 4.78 is 10.8. The van der Waals surface area contributed by atoms with Gasteiger partial charge >= 0.3 is 0 Å². The molecule has 1 aromatic carbocycles. The fourth-order valence-electron chi connectivity index (χ4n) is 1.91. The van der Waals surface area contributed by atoms with Crippen LogP contribution in [0.5, 0.6) is 0 Å². The van der Waals surface area contributed by atoms with Gasteiger partial charge < -0.3 is 15.0 Å². The fraction of sp³-hybridized carbons (Fsp3) is 0.286. The van der Waals surface area contributed by atoms with Gasteiger partial charge in [0.25, 0.3) is 5.89 Å². The number of nitrogens with two attached hydrogens (primary N) is 1. The number of hydrogen-bond donors (Lipinski definition) is 1. The first-order chi connectivity index (χ1) is 9.81. The van der Waals surface area contributed by atoms with E-state index in [-0.39, 0.29) is 6.10 Å². The van der Waals surface area contributed by atoms with Crippen LogP contribution in [0.25, 0.3) is 12.2 Å². The summed E-state index contributed by atoms with van der Waals surface area (Å²) >= 11 is 1.84. The summed E-state index contributed by atoms with van der Waals surface area (Å²) in [6.45, 7) is 0.734. The molecule has 3 rings (SSSR count). The minimum atomic E-state index is -0.0629. The van der Waals surface area contributed by atoms with E-state index in [1.54, 1.807) is 6.08 Å². The van der Waals surface area contributed by atoms with Crippen molar-refractivity contribution in [1.82, 2.24) is 10.1 Å². The Hall–Kier alpha value is -1.79. The van der Waals surface area contributed by atoms with Crippen LogP contribution in [0.3, 0.4) is 0 Å². The molecule has 1 saturated heterocycles. The molecule has 0 spiro atoms. The number of nitrogen functional groups attached to an aromatic ring is 1. The molecule has 1 fully saturated rings. The Labute approximate surface area is 121 Å². The minimum Gasteiger partial charge on any atom is -0.399 e. The molecule has 2 aromatic rings. The monoisotopic (exact) mass is 289 g/mol. The summed E-state index contributed by atoms with van der Waals surface area (Å²) in [7, 11) is 0. The Balaban J connectivity index is 1.70. The van der Waals surface area contributed by atoms with Gasteiger partial charge in [-0.05, 0) is 23.8 Å². The molecule has 0 amide bonds. The summed E-state index contributed by atoms with van der Waals surface area (Å²) in [5.41, 5.74) is 7.45. The van der Waals surface area contributed by atoms with E-state index >= 15 is 0 Å². The zero-order valence-corrected chi connectivity index (χ0v) is 11.7. The third kappa shape index (κ3) is 3.20. The van der Waals surface area contributed by atoms with Gasteiger partial charge in [-0.1, -0.05) is 17.3 Å². The van der Waals surface area contributed by atoms with Gasteiger partial charge in [-0.25, -0.2) is 0 Å². The van der Waals surface area contributed by atoms with Crippen molar-refractivity contribution in [1.29, 1.82) is 0 Å². The first-order valence-electron chi connectivity index (χ1n) is 6.38. The summed E-state index contributed by atoms with van der Waals surface area (Å²) in [4.78, 5) is 4.34. The summed E-state index contributed by atoms with van der Waals surface area (Å²) in [6, 6.07) is 7.60. The first kappa shape index (κ1) is 13.2. The fourth-order valence-corrected chi connectivity index (χ4v) is 2.75. The average molecular weight is 289 g/mol. The molecule has 104 valence electrons. The highest BCUT2D eigenvalue weighted by Gasteiger charge is 2.21. The Kier molecular flexibility index (Phi) is 4.03. The lowest BCUT2D eigenvalue weighted by molar-refractivity contribution is 0.0677. The van der Waals surface area contributed by atoms with Gasteiger partial charge in [-0.3, -0.25) is 0 Å². The second-order valence-electron chi connectivity index (χ2n) is 4.43. The second-order valence-corrected chi connectivity index (χ2v) is 5.58. The maximum atomic E-state index is 5.73. The van der Waals surface area contributed by atoms with Crippen LogP contribution in [-0.4, -0.2) is 28.3 Å². The number of anilines is 1. The Morgan fingerprint density at radius 2 is 2.30 bits per heavy atom. The zero-order chi connectivity index (χ0) is 13.8. The smallest absolute Gasteiger partial charge is 0.250 e. The van der Waals surface area contributed by atoms with E-state index in [1.165, 1.54) is 0 Å². The molecule has 1 aromatic heterocycles. The van der Waals surface area contributed by atoms with Crippen LogP contribution < -0.4 is 5.73 Å². The zero-order valence-electron chi connectivity index (χ0n) is 10.9. The normalized spacial score (nSPS) is 19.5. The largest absolute Gasteiger partial charge is 0.399 e. The number of ether oxygens (including phenoxy) is 1. The van der Waals surface area contributed by atoms with Crippen LogP contribution >= 0.6 is 11.8 Å². The standard InChI is InChI=1S/C14H15N3O2S/c15-11-3-1-2-10(8-11)4-5-13-16-14(17-19-13)12-9-20-7-6-18-12/h1-5,8,12H,6-7,9,15H2/b5-4+. The molecule has 1 unspecified atom stereocenters. The predicted octanol–water partition coefficient (Wildman–Crippen LogP) is 2.63. The van der Waals surface area contributed by atoms with Crippen LogP contribution in [0, 0.1) is 0 Å². The summed E-state index contributed by atoms with van der Waals surface area (Å²) in [6.07, 6.45) is 3.61. The molecule has 2 heterocycles. The van der Waals surface area contributed by atoms with Crippen molar-refractivity contribution in [3.05, 3.63) is 41.5 Å². The van der Waals surface area contributed by atoms with Crippen LogP contribution in [0.15, 0.2) is 28.8 Å². The molecule has 1 aliphatic rings. The third-order valence-electron chi connectivity index (χ3n) is 2.89. The highest BCUT2D eigenvalue weighted by Crippen LogP contribution is 2.24. The van der Waals surface area contributed by atoms with Gasteiger partial charge in [0.15, 0.2) is 0 Å². The molecule has 20 heavy (non-hydrogen) atoms. The van der Waals surface area contributed by atoms with E-state index in [9.17, 15) is 0 Å². The predicted molar refractivity (Wildman–Crippen MR) is 80.1 cm³/mol. The molecule has 0 radical (unpaired) electrons. The molecule has 5 nitrogen and oxygen atoms in total. The van der Waals surface area contributed by atoms with Crippen LogP contribution in [0.4, 0.5) is 5.69 Å². The van der Waals surface area contributed by atoms with E-state index in [2.05, 4.69) is 10.1 Å². The van der Waals surface area contributed by atoms with Crippen molar-refractivity contribution < 1.29 is 9.26 Å². The molecule has 2 N–H and O–H groups in total. The van der Waals surface area contributed by atoms with Gasteiger partial charge in [0.05, 0.1) is 6.61 Å². The number of hydrogen-bond acceptors (Lipinski definition) is 6. The topological polar surface area (TPSA) is 74.2 Å². The van der Waals surface area contributed by atoms with Crippen molar-refractivity contribution in [2.45, 2.75) is 6.10 Å². The number of rotatable bonds is 3. The Morgan fingerprint density at radius 1 is 1.35 bits per heavy atom. The van der Waals surface area contributed by atoms with E-state index in [1.807, 2.05) is 42.1 Å². The lowest BCUT2D eigenvalue weighted by Crippen LogP contribution is -2.16. The number of benzene rings is 1. The summed E-state index contributed by atoms with van der Waals surface area (Å²) in [5.74, 6) is 2.99. The van der Waals surface area contributed by atoms with Crippen molar-refractivity contribution in [3.63, 3.8) is 0 Å². The average Bonchev–Trinajstić information content (AvgIpc) is 2.95. The Bertz CT molecular complexity index is 606. The van der Waals surface area contributed by atoms with Gasteiger partial charge in [0, 0.05) is 23.3 Å². The molecule has 0 aliphatic carbocycles. The first-order valence-corrected chi connectivity index (χ1v) is 7.53. The number of aromatic nitrogens is 2. The molecule has 6 heteroatoms. The Morgan fingerprint density at radius 3 is 3.10 bits per heavy atom.